The summed E-state index contributed by atoms with van der Waals surface area (Å²) in [6.45, 7) is 0. The molecule has 0 saturated heterocycles. The fourth-order valence-electron chi connectivity index (χ4n) is 1.09. The number of nitrogens with one attached hydrogen (secondary N) is 2. The molecule has 1 aromatic heterocycles. The lowest BCUT2D eigenvalue weighted by Crippen LogP contribution is -2.11. The number of aromatic amines is 1. The summed E-state index contributed by atoms with van der Waals surface area (Å²) < 4.78 is 1.54. The first-order chi connectivity index (χ1) is 7.77. The molecular weight excluding hydrogens is 224 g/mol. The summed E-state index contributed by atoms with van der Waals surface area (Å²) in [5.41, 5.74) is 3.66. The van der Waals surface area contributed by atoms with Crippen molar-refractivity contribution in [2.75, 3.05) is 11.3 Å². The van der Waals surface area contributed by atoms with Crippen LogP contribution in [0.3, 0.4) is 0 Å². The molecule has 0 spiro atoms. The maximum atomic E-state index is 5.56. The van der Waals surface area contributed by atoms with Gasteiger partial charge in [-0.1, -0.05) is 30.3 Å². The molecule has 0 fully saturated rings. The van der Waals surface area contributed by atoms with Crippen molar-refractivity contribution in [2.45, 2.75) is 0 Å². The quantitative estimate of drug-likeness (QED) is 0.321. The molecule has 0 radical (unpaired) electrons. The van der Waals surface area contributed by atoms with E-state index >= 15 is 0 Å². The smallest absolute Gasteiger partial charge is 0.262 e. The predicted molar refractivity (Wildman–Crippen MR) is 65.2 cm³/mol. The van der Waals surface area contributed by atoms with Crippen molar-refractivity contribution in [1.29, 1.82) is 0 Å². The van der Waals surface area contributed by atoms with Gasteiger partial charge >= 0.3 is 0 Å². The van der Waals surface area contributed by atoms with Gasteiger partial charge in [-0.3, -0.25) is 0 Å². The molecule has 0 unspecified atom stereocenters. The van der Waals surface area contributed by atoms with Crippen LogP contribution in [-0.2, 0) is 0 Å². The molecule has 6 nitrogen and oxygen atoms in total. The molecule has 0 aliphatic heterocycles. The number of nitrogen functional groups attached to an aromatic ring is 1. The molecular formula is C9H10N6S. The summed E-state index contributed by atoms with van der Waals surface area (Å²) >= 11 is 4.85. The summed E-state index contributed by atoms with van der Waals surface area (Å²) in [4.78, 5) is 0. The van der Waals surface area contributed by atoms with E-state index in [0.29, 0.717) is 10.7 Å². The van der Waals surface area contributed by atoms with Crippen LogP contribution >= 0.6 is 12.2 Å². The summed E-state index contributed by atoms with van der Waals surface area (Å²) in [6, 6.07) is 9.67. The van der Waals surface area contributed by atoms with Gasteiger partial charge in [0.25, 0.3) is 5.95 Å². The zero-order chi connectivity index (χ0) is 11.4. The number of hydrogen-bond acceptors (Lipinski definition) is 5. The lowest BCUT2D eigenvalue weighted by atomic mass is 10.2. The van der Waals surface area contributed by atoms with Crippen LogP contribution < -0.4 is 11.3 Å². The number of nitrogens with zero attached hydrogens (tertiary/aromatic N) is 3. The number of hydrogen-bond donors (Lipinski definition) is 3. The molecule has 0 saturated carbocycles. The number of hydrazone groups is 1. The monoisotopic (exact) mass is 234 g/mol. The number of benzene rings is 1. The number of H-pyrrole nitrogens is 1. The fraction of sp³-hybridized carbons (Fsp3) is 0. The summed E-state index contributed by atoms with van der Waals surface area (Å²) in [6.07, 6.45) is 1.66. The van der Waals surface area contributed by atoms with E-state index in [-0.39, 0.29) is 0 Å². The minimum absolute atomic E-state index is 0.331. The standard InChI is InChI=1S/C9H10N6S/c10-15-8(13-14-9(15)16)12-11-6-7-4-2-1-3-5-7/h1-6H,10H2,(H,12,13)(H,14,16)/b11-6+. The van der Waals surface area contributed by atoms with Gasteiger partial charge in [0.05, 0.1) is 6.21 Å². The lowest BCUT2D eigenvalue weighted by Gasteiger charge is -1.97. The Balaban J connectivity index is 2.06. The third-order valence-corrected chi connectivity index (χ3v) is 2.17. The number of rotatable bonds is 3. The zero-order valence-corrected chi connectivity index (χ0v) is 9.11. The SMILES string of the molecule is Nn1c(N/N=C/c2ccccc2)n[nH]c1=S. The molecule has 7 heteroatoms. The highest BCUT2D eigenvalue weighted by Crippen LogP contribution is 1.99. The van der Waals surface area contributed by atoms with Gasteiger partial charge in [-0.05, 0) is 17.8 Å². The molecule has 1 heterocycles. The van der Waals surface area contributed by atoms with Gasteiger partial charge in [0.2, 0.25) is 4.77 Å². The van der Waals surface area contributed by atoms with E-state index in [2.05, 4.69) is 20.7 Å². The van der Waals surface area contributed by atoms with Crippen molar-refractivity contribution in [3.8, 4) is 0 Å². The number of nitrogens with two attached hydrogens (primary N) is 1. The van der Waals surface area contributed by atoms with E-state index in [9.17, 15) is 0 Å². The largest absolute Gasteiger partial charge is 0.334 e. The summed E-state index contributed by atoms with van der Waals surface area (Å²) in [7, 11) is 0. The van der Waals surface area contributed by atoms with Crippen LogP contribution in [0.15, 0.2) is 35.4 Å². The molecule has 0 amide bonds. The normalized spacial score (nSPS) is 10.8. The Labute approximate surface area is 96.8 Å². The van der Waals surface area contributed by atoms with Crippen LogP contribution in [0.2, 0.25) is 0 Å². The maximum Gasteiger partial charge on any atom is 0.262 e. The molecule has 1 aromatic carbocycles. The van der Waals surface area contributed by atoms with Gasteiger partial charge in [0.1, 0.15) is 0 Å². The molecule has 0 atom stereocenters. The van der Waals surface area contributed by atoms with Crippen LogP contribution in [0.4, 0.5) is 5.95 Å². The molecule has 0 aliphatic rings. The minimum Gasteiger partial charge on any atom is -0.334 e. The Morgan fingerprint density at radius 3 is 2.81 bits per heavy atom. The second-order valence-electron chi connectivity index (χ2n) is 3.00. The van der Waals surface area contributed by atoms with E-state index in [1.54, 1.807) is 6.21 Å². The minimum atomic E-state index is 0.331. The van der Waals surface area contributed by atoms with Crippen LogP contribution in [0.5, 0.6) is 0 Å². The van der Waals surface area contributed by atoms with Crippen molar-refractivity contribution < 1.29 is 0 Å². The molecule has 0 aliphatic carbocycles. The Bertz CT molecular complexity index is 541. The molecule has 16 heavy (non-hydrogen) atoms. The van der Waals surface area contributed by atoms with E-state index in [1.807, 2.05) is 30.3 Å². The molecule has 4 N–H and O–H groups in total. The Morgan fingerprint density at radius 2 is 2.19 bits per heavy atom. The second kappa shape index (κ2) is 4.58. The fourth-order valence-corrected chi connectivity index (χ4v) is 1.22. The Kier molecular flexibility index (Phi) is 2.97. The third kappa shape index (κ3) is 2.26. The highest BCUT2D eigenvalue weighted by molar-refractivity contribution is 7.71. The van der Waals surface area contributed by atoms with Crippen molar-refractivity contribution in [2.24, 2.45) is 5.10 Å². The average molecular weight is 234 g/mol. The first kappa shape index (κ1) is 10.4. The van der Waals surface area contributed by atoms with Gasteiger partial charge in [-0.25, -0.2) is 10.5 Å². The van der Waals surface area contributed by atoms with E-state index in [0.717, 1.165) is 5.56 Å². The van der Waals surface area contributed by atoms with E-state index < -0.39 is 0 Å². The third-order valence-electron chi connectivity index (χ3n) is 1.88. The topological polar surface area (TPSA) is 84.0 Å². The first-order valence-corrected chi connectivity index (χ1v) is 4.95. The van der Waals surface area contributed by atoms with Gasteiger partial charge in [-0.2, -0.15) is 9.78 Å². The Morgan fingerprint density at radius 1 is 1.44 bits per heavy atom. The van der Waals surface area contributed by atoms with Gasteiger partial charge in [-0.15, -0.1) is 5.10 Å². The van der Waals surface area contributed by atoms with Crippen molar-refractivity contribution in [3.05, 3.63) is 40.7 Å². The van der Waals surface area contributed by atoms with Gasteiger partial charge in [0, 0.05) is 0 Å². The molecule has 82 valence electrons. The van der Waals surface area contributed by atoms with Gasteiger partial charge < -0.3 is 5.84 Å². The second-order valence-corrected chi connectivity index (χ2v) is 3.39. The van der Waals surface area contributed by atoms with Gasteiger partial charge in [0.15, 0.2) is 0 Å². The molecule has 2 rings (SSSR count). The van der Waals surface area contributed by atoms with E-state index in [4.69, 9.17) is 18.1 Å². The lowest BCUT2D eigenvalue weighted by molar-refractivity contribution is 0.971. The van der Waals surface area contributed by atoms with Crippen LogP contribution in [0.25, 0.3) is 0 Å². The van der Waals surface area contributed by atoms with Crippen molar-refractivity contribution in [1.82, 2.24) is 14.9 Å². The zero-order valence-electron chi connectivity index (χ0n) is 8.29. The highest BCUT2D eigenvalue weighted by atomic mass is 32.1. The average Bonchev–Trinajstić information content (AvgIpc) is 2.62. The van der Waals surface area contributed by atoms with Crippen LogP contribution in [0, 0.1) is 4.77 Å². The highest BCUT2D eigenvalue weighted by Gasteiger charge is 1.98. The molecule has 0 bridgehead atoms. The molecule has 2 aromatic rings. The van der Waals surface area contributed by atoms with Crippen LogP contribution in [-0.4, -0.2) is 21.1 Å². The maximum absolute atomic E-state index is 5.56. The summed E-state index contributed by atoms with van der Waals surface area (Å²) in [5, 5.41) is 10.4. The predicted octanol–water partition coefficient (Wildman–Crippen LogP) is 1.10. The van der Waals surface area contributed by atoms with E-state index in [1.165, 1.54) is 4.68 Å². The first-order valence-electron chi connectivity index (χ1n) is 4.54. The van der Waals surface area contributed by atoms with Crippen LogP contribution in [0.1, 0.15) is 5.56 Å². The number of anilines is 1. The van der Waals surface area contributed by atoms with Crippen molar-refractivity contribution >= 4 is 24.4 Å². The Hall–Kier alpha value is -2.15. The van der Waals surface area contributed by atoms with Crippen molar-refractivity contribution in [3.63, 3.8) is 0 Å². The number of aromatic nitrogens is 3. The summed E-state index contributed by atoms with van der Waals surface area (Å²) in [5.74, 6) is 5.92.